The first kappa shape index (κ1) is 19.8. The molecule has 3 rings (SSSR count). The molecule has 3 heterocycles. The molecular weight excluding hydrogens is 376 g/mol. The smallest absolute Gasteiger partial charge is 0.304 e. The summed E-state index contributed by atoms with van der Waals surface area (Å²) in [6.45, 7) is 3.02. The molecular formula is C16H18N4O8. The van der Waals surface area contributed by atoms with Crippen molar-refractivity contribution in [1.29, 1.82) is 0 Å². The molecule has 12 heteroatoms. The summed E-state index contributed by atoms with van der Waals surface area (Å²) >= 11 is 0. The number of carbonyl (C=O) groups excluding carboxylic acids is 3. The van der Waals surface area contributed by atoms with Crippen LogP contribution in [0.25, 0.3) is 11.2 Å². The highest BCUT2D eigenvalue weighted by Gasteiger charge is 2.61. The predicted molar refractivity (Wildman–Crippen MR) is 88.8 cm³/mol. The van der Waals surface area contributed by atoms with E-state index in [0.717, 1.165) is 27.1 Å². The fourth-order valence-electron chi connectivity index (χ4n) is 3.33. The lowest BCUT2D eigenvalue weighted by Gasteiger charge is -2.34. The third-order valence-electron chi connectivity index (χ3n) is 4.60. The molecule has 1 aliphatic rings. The third-order valence-corrected chi connectivity index (χ3v) is 4.60. The first-order chi connectivity index (χ1) is 13.1. The van der Waals surface area contributed by atoms with Crippen LogP contribution in [0, 0.1) is 0 Å². The van der Waals surface area contributed by atoms with Gasteiger partial charge in [-0.3, -0.25) is 19.0 Å². The number of hydrogen-bond acceptors (Lipinski definition) is 11. The number of ketones is 2. The molecule has 0 spiro atoms. The van der Waals surface area contributed by atoms with Crippen LogP contribution >= 0.6 is 0 Å². The molecule has 0 aliphatic carbocycles. The molecule has 0 bridgehead atoms. The van der Waals surface area contributed by atoms with E-state index in [0.29, 0.717) is 0 Å². The fraction of sp³-hybridized carbons (Fsp3) is 0.500. The van der Waals surface area contributed by atoms with Gasteiger partial charge < -0.3 is 24.8 Å². The molecule has 1 saturated heterocycles. The van der Waals surface area contributed by atoms with Crippen molar-refractivity contribution >= 4 is 28.7 Å². The van der Waals surface area contributed by atoms with E-state index >= 15 is 0 Å². The summed E-state index contributed by atoms with van der Waals surface area (Å²) in [5.74, 6) is -3.09. The highest BCUT2D eigenvalue weighted by molar-refractivity contribution is 6.10. The minimum atomic E-state index is -2.44. The molecule has 0 amide bonds. The second kappa shape index (κ2) is 6.89. The van der Waals surface area contributed by atoms with Crippen LogP contribution in [-0.2, 0) is 23.9 Å². The van der Waals surface area contributed by atoms with Gasteiger partial charge in [0.05, 0.1) is 6.33 Å². The van der Waals surface area contributed by atoms with Crippen molar-refractivity contribution in [2.24, 2.45) is 0 Å². The highest BCUT2D eigenvalue weighted by atomic mass is 16.6. The van der Waals surface area contributed by atoms with E-state index in [2.05, 4.69) is 15.0 Å². The topological polar surface area (TPSA) is 174 Å². The van der Waals surface area contributed by atoms with E-state index < -0.39 is 53.6 Å². The maximum absolute atomic E-state index is 12.3. The van der Waals surface area contributed by atoms with E-state index in [4.69, 9.17) is 9.47 Å². The normalized spacial score (nSPS) is 25.0. The second-order valence-corrected chi connectivity index (χ2v) is 6.39. The van der Waals surface area contributed by atoms with Crippen LogP contribution in [0.1, 0.15) is 27.0 Å². The maximum Gasteiger partial charge on any atom is 0.304 e. The van der Waals surface area contributed by atoms with Gasteiger partial charge in [-0.15, -0.1) is 0 Å². The first-order valence-electron chi connectivity index (χ1n) is 8.21. The van der Waals surface area contributed by atoms with Gasteiger partial charge in [0.15, 0.2) is 29.0 Å². The quantitative estimate of drug-likeness (QED) is 0.403. The van der Waals surface area contributed by atoms with Crippen LogP contribution in [0.3, 0.4) is 0 Å². The molecule has 2 aromatic heterocycles. The van der Waals surface area contributed by atoms with Gasteiger partial charge in [0, 0.05) is 6.92 Å². The lowest BCUT2D eigenvalue weighted by molar-refractivity contribution is -0.192. The van der Waals surface area contributed by atoms with E-state index in [9.17, 15) is 29.7 Å². The Morgan fingerprint density at radius 2 is 1.75 bits per heavy atom. The molecule has 0 radical (unpaired) electrons. The van der Waals surface area contributed by atoms with Gasteiger partial charge in [-0.05, 0) is 13.8 Å². The van der Waals surface area contributed by atoms with Gasteiger partial charge in [0.2, 0.25) is 5.88 Å². The molecule has 0 aromatic carbocycles. The molecule has 150 valence electrons. The Morgan fingerprint density at radius 1 is 1.11 bits per heavy atom. The zero-order chi connectivity index (χ0) is 20.8. The molecule has 28 heavy (non-hydrogen) atoms. The minimum Gasteiger partial charge on any atom is -0.492 e. The van der Waals surface area contributed by atoms with E-state index in [-0.39, 0.29) is 11.2 Å². The van der Waals surface area contributed by atoms with Crippen molar-refractivity contribution in [2.75, 3.05) is 0 Å². The number of Topliss-reactive ketones (excluding diaryl/α,β-unsaturated/α-hetero) is 2. The molecule has 1 aliphatic heterocycles. The van der Waals surface area contributed by atoms with Crippen LogP contribution in [-0.4, -0.2) is 76.3 Å². The molecule has 3 N–H and O–H groups in total. The number of aliphatic hydroxyl groups excluding tert-OH is 2. The van der Waals surface area contributed by atoms with Gasteiger partial charge in [-0.25, -0.2) is 9.97 Å². The van der Waals surface area contributed by atoms with E-state index in [1.807, 2.05) is 0 Å². The van der Waals surface area contributed by atoms with Crippen LogP contribution in [0.15, 0.2) is 12.7 Å². The number of imidazole rings is 1. The largest absolute Gasteiger partial charge is 0.492 e. The summed E-state index contributed by atoms with van der Waals surface area (Å²) in [5, 5.41) is 30.8. The number of esters is 1. The van der Waals surface area contributed by atoms with Gasteiger partial charge in [-0.2, -0.15) is 4.98 Å². The number of rotatable bonds is 5. The monoisotopic (exact) mass is 394 g/mol. The Kier molecular flexibility index (Phi) is 4.87. The first-order valence-corrected chi connectivity index (χ1v) is 8.21. The SMILES string of the molecule is CC(=O)OC(C(C)=O)(C(C)=O)[C@H]1O[C@@H](n2cnc3c(O)ncnc32)[C@H](O)[C@@H]1O. The van der Waals surface area contributed by atoms with Crippen LogP contribution in [0.5, 0.6) is 5.88 Å². The lowest BCUT2D eigenvalue weighted by Crippen LogP contribution is -2.60. The summed E-state index contributed by atoms with van der Waals surface area (Å²) in [6.07, 6.45) is -4.18. The van der Waals surface area contributed by atoms with Crippen molar-refractivity contribution in [2.45, 2.75) is 50.9 Å². The Morgan fingerprint density at radius 3 is 2.32 bits per heavy atom. The summed E-state index contributed by atoms with van der Waals surface area (Å²) in [5.41, 5.74) is -2.34. The van der Waals surface area contributed by atoms with Gasteiger partial charge in [0.1, 0.15) is 24.6 Å². The average Bonchev–Trinajstić information content (AvgIpc) is 3.15. The number of aliphatic hydroxyl groups is 2. The zero-order valence-electron chi connectivity index (χ0n) is 15.1. The highest BCUT2D eigenvalue weighted by Crippen LogP contribution is 2.39. The predicted octanol–water partition coefficient (Wildman–Crippen LogP) is -1.37. The fourth-order valence-corrected chi connectivity index (χ4v) is 3.33. The van der Waals surface area contributed by atoms with E-state index in [1.165, 1.54) is 10.9 Å². The Bertz CT molecular complexity index is 943. The van der Waals surface area contributed by atoms with E-state index in [1.54, 1.807) is 0 Å². The number of aromatic nitrogens is 4. The number of carbonyl (C=O) groups is 3. The number of nitrogens with zero attached hydrogens (tertiary/aromatic N) is 4. The second-order valence-electron chi connectivity index (χ2n) is 6.39. The Hall–Kier alpha value is -2.96. The van der Waals surface area contributed by atoms with Crippen molar-refractivity contribution in [3.05, 3.63) is 12.7 Å². The molecule has 1 fully saturated rings. The number of hydrogen-bond donors (Lipinski definition) is 3. The van der Waals surface area contributed by atoms with Crippen LogP contribution in [0.4, 0.5) is 0 Å². The summed E-state index contributed by atoms with van der Waals surface area (Å²) < 4.78 is 11.8. The van der Waals surface area contributed by atoms with Crippen molar-refractivity contribution in [3.8, 4) is 5.88 Å². The molecule has 2 aromatic rings. The van der Waals surface area contributed by atoms with Gasteiger partial charge in [-0.1, -0.05) is 0 Å². The zero-order valence-corrected chi connectivity index (χ0v) is 15.1. The summed E-state index contributed by atoms with van der Waals surface area (Å²) in [4.78, 5) is 47.6. The lowest BCUT2D eigenvalue weighted by atomic mass is 9.84. The number of fused-ring (bicyclic) bond motifs is 1. The minimum absolute atomic E-state index is 0.0145. The molecule has 0 saturated carbocycles. The molecule has 4 atom stereocenters. The molecule has 0 unspecified atom stereocenters. The van der Waals surface area contributed by atoms with Crippen molar-refractivity contribution in [3.63, 3.8) is 0 Å². The Balaban J connectivity index is 2.07. The summed E-state index contributed by atoms with van der Waals surface area (Å²) in [6, 6.07) is 0. The van der Waals surface area contributed by atoms with Crippen LogP contribution in [0.2, 0.25) is 0 Å². The van der Waals surface area contributed by atoms with Crippen LogP contribution < -0.4 is 0 Å². The Labute approximate surface area is 157 Å². The van der Waals surface area contributed by atoms with Gasteiger partial charge in [0.25, 0.3) is 5.60 Å². The summed E-state index contributed by atoms with van der Waals surface area (Å²) in [7, 11) is 0. The third kappa shape index (κ3) is 2.82. The number of aromatic hydroxyl groups is 1. The maximum atomic E-state index is 12.3. The molecule has 12 nitrogen and oxygen atoms in total. The van der Waals surface area contributed by atoms with Crippen molar-refractivity contribution < 1.29 is 39.2 Å². The van der Waals surface area contributed by atoms with Crippen molar-refractivity contribution in [1.82, 2.24) is 19.5 Å². The van der Waals surface area contributed by atoms with Gasteiger partial charge >= 0.3 is 5.97 Å². The average molecular weight is 394 g/mol. The number of ether oxygens (including phenoxy) is 2. The standard InChI is InChI=1S/C16H18N4O8/c1-6(21)16(7(2)22,28-8(3)23)12-10(24)11(25)15(27-12)20-5-19-9-13(20)17-4-18-14(9)26/h4-5,10-12,15,24-25H,1-3H3,(H,17,18,26)/t10-,11+,12-,15+/m0/s1.